The molecule has 22 heavy (non-hydrogen) atoms. The molecule has 2 rings (SSSR count). The molecule has 1 heterocycles. The third-order valence-electron chi connectivity index (χ3n) is 2.44. The number of anilines is 1. The fourth-order valence-electron chi connectivity index (χ4n) is 1.66. The molecule has 0 radical (unpaired) electrons. The van der Waals surface area contributed by atoms with E-state index >= 15 is 0 Å². The second-order valence-electron chi connectivity index (χ2n) is 4.65. The van der Waals surface area contributed by atoms with Crippen LogP contribution in [0.2, 0.25) is 0 Å². The minimum atomic E-state index is -0.125. The van der Waals surface area contributed by atoms with E-state index in [1.54, 1.807) is 6.20 Å². The summed E-state index contributed by atoms with van der Waals surface area (Å²) in [6.07, 6.45) is 4.85. The minimum Gasteiger partial charge on any atom is -0.512 e. The largest absolute Gasteiger partial charge is 0.512 e. The second kappa shape index (κ2) is 9.96. The summed E-state index contributed by atoms with van der Waals surface area (Å²) in [5.74, 6) is -0.0625. The Morgan fingerprint density at radius 3 is 2.45 bits per heavy atom. The summed E-state index contributed by atoms with van der Waals surface area (Å²) in [7, 11) is 4.02. The van der Waals surface area contributed by atoms with E-state index in [0.717, 1.165) is 11.4 Å². The number of hydrogen-bond donors (Lipinski definition) is 1. The zero-order valence-electron chi connectivity index (χ0n) is 13.1. The Morgan fingerprint density at radius 1 is 1.36 bits per heavy atom. The fraction of sp³-hybridized carbons (Fsp3) is 0.250. The van der Waals surface area contributed by atoms with Gasteiger partial charge < -0.3 is 10.0 Å². The average molecular weight is 481 g/mol. The maximum atomic E-state index is 10.0. The van der Waals surface area contributed by atoms with Crippen molar-refractivity contribution in [2.75, 3.05) is 19.0 Å². The summed E-state index contributed by atoms with van der Waals surface area (Å²) < 4.78 is 1.81. The number of carbonyl (C=O) groups is 1. The summed E-state index contributed by atoms with van der Waals surface area (Å²) in [5, 5.41) is 12.6. The van der Waals surface area contributed by atoms with Crippen LogP contribution in [0.15, 0.2) is 48.5 Å². The van der Waals surface area contributed by atoms with E-state index in [1.807, 2.05) is 54.1 Å². The Labute approximate surface area is 145 Å². The van der Waals surface area contributed by atoms with Gasteiger partial charge in [0.1, 0.15) is 0 Å². The standard InChI is InChI=1S/C11H12N3.C5H8O2.Pt/c1-13(2)10-6-3-4-7-11(10)14-9-5-8-12-14;1-4(6)3-5(2)7;/h3-6,8-9H,1-2H3;3,6H,1-2H3;/q-1;;/b;4-3-;. The van der Waals surface area contributed by atoms with Crippen molar-refractivity contribution in [2.45, 2.75) is 13.8 Å². The SMILES string of the molecule is CC(=O)/C=C(/C)O.CN(C)c1ccc[c-]c1-n1cccn1.[Pt]. The van der Waals surface area contributed by atoms with Crippen molar-refractivity contribution in [3.05, 3.63) is 54.6 Å². The normalized spacial score (nSPS) is 10.1. The molecule has 1 N–H and O–H groups in total. The van der Waals surface area contributed by atoms with Gasteiger partial charge in [0.05, 0.1) is 5.76 Å². The first-order valence-electron chi connectivity index (χ1n) is 6.47. The Morgan fingerprint density at radius 2 is 2.05 bits per heavy atom. The summed E-state index contributed by atoms with van der Waals surface area (Å²) in [5.41, 5.74) is 2.08. The Bertz CT molecular complexity index is 604. The molecule has 0 spiro atoms. The van der Waals surface area contributed by atoms with Gasteiger partial charge in [-0.15, -0.1) is 6.07 Å². The quantitative estimate of drug-likeness (QED) is 0.416. The number of allylic oxidation sites excluding steroid dienone is 2. The van der Waals surface area contributed by atoms with Crippen molar-refractivity contribution < 1.29 is 31.0 Å². The van der Waals surface area contributed by atoms with E-state index in [2.05, 4.69) is 11.2 Å². The molecule has 0 atom stereocenters. The second-order valence-corrected chi connectivity index (χ2v) is 4.65. The van der Waals surface area contributed by atoms with Gasteiger partial charge in [0.15, 0.2) is 5.78 Å². The van der Waals surface area contributed by atoms with Crippen LogP contribution in [-0.2, 0) is 25.9 Å². The Balaban J connectivity index is 0.000000478. The number of ketones is 1. The van der Waals surface area contributed by atoms with Crippen LogP contribution >= 0.6 is 0 Å². The summed E-state index contributed by atoms with van der Waals surface area (Å²) in [4.78, 5) is 12.1. The summed E-state index contributed by atoms with van der Waals surface area (Å²) in [6.45, 7) is 2.85. The van der Waals surface area contributed by atoms with Crippen molar-refractivity contribution in [3.63, 3.8) is 0 Å². The molecular formula is C16H20N3O2Pt-. The van der Waals surface area contributed by atoms with Gasteiger partial charge >= 0.3 is 0 Å². The molecule has 0 aliphatic rings. The molecule has 0 amide bonds. The van der Waals surface area contributed by atoms with E-state index < -0.39 is 0 Å². The molecule has 0 unspecified atom stereocenters. The van der Waals surface area contributed by atoms with Crippen LogP contribution in [0.25, 0.3) is 5.69 Å². The summed E-state index contributed by atoms with van der Waals surface area (Å²) >= 11 is 0. The number of aromatic nitrogens is 2. The molecule has 1 aromatic carbocycles. The molecule has 2 aromatic rings. The molecule has 0 fully saturated rings. The molecule has 0 saturated carbocycles. The molecule has 6 heteroatoms. The Hall–Kier alpha value is -1.87. The number of carbonyl (C=O) groups excluding carboxylic acids is 1. The van der Waals surface area contributed by atoms with Gasteiger partial charge in [-0.1, -0.05) is 0 Å². The average Bonchev–Trinajstić information content (AvgIpc) is 2.91. The first-order chi connectivity index (χ1) is 9.91. The fourth-order valence-corrected chi connectivity index (χ4v) is 1.66. The predicted molar refractivity (Wildman–Crippen MR) is 83.8 cm³/mol. The number of aliphatic hydroxyl groups excluding tert-OH is 1. The number of benzene rings is 1. The van der Waals surface area contributed by atoms with Crippen molar-refractivity contribution in [1.82, 2.24) is 9.78 Å². The van der Waals surface area contributed by atoms with E-state index in [9.17, 15) is 4.79 Å². The summed E-state index contributed by atoms with van der Waals surface area (Å²) in [6, 6.07) is 11.0. The number of nitrogens with zero attached hydrogens (tertiary/aromatic N) is 3. The molecule has 0 aliphatic heterocycles. The third kappa shape index (κ3) is 6.72. The molecule has 122 valence electrons. The maximum absolute atomic E-state index is 10.0. The van der Waals surface area contributed by atoms with Gasteiger partial charge in [-0.05, 0) is 45.4 Å². The van der Waals surface area contributed by atoms with E-state index in [1.165, 1.54) is 19.9 Å². The van der Waals surface area contributed by atoms with Crippen LogP contribution in [0.5, 0.6) is 0 Å². The maximum Gasteiger partial charge on any atom is 0.155 e. The Kier molecular flexibility index (Phi) is 9.11. The van der Waals surface area contributed by atoms with Gasteiger partial charge in [-0.2, -0.15) is 23.3 Å². The van der Waals surface area contributed by atoms with Gasteiger partial charge in [-0.25, -0.2) is 0 Å². The molecule has 0 saturated heterocycles. The third-order valence-corrected chi connectivity index (χ3v) is 2.44. The van der Waals surface area contributed by atoms with Gasteiger partial charge in [0, 0.05) is 39.5 Å². The number of rotatable bonds is 3. The van der Waals surface area contributed by atoms with Crippen LogP contribution in [0.3, 0.4) is 0 Å². The predicted octanol–water partition coefficient (Wildman–Crippen LogP) is 2.77. The van der Waals surface area contributed by atoms with Crippen molar-refractivity contribution in [2.24, 2.45) is 0 Å². The number of aliphatic hydroxyl groups is 1. The van der Waals surface area contributed by atoms with E-state index in [4.69, 9.17) is 5.11 Å². The molecule has 1 aromatic heterocycles. The zero-order chi connectivity index (χ0) is 15.8. The van der Waals surface area contributed by atoms with E-state index in [0.29, 0.717) is 0 Å². The first kappa shape index (κ1) is 20.1. The molecular weight excluding hydrogens is 461 g/mol. The molecule has 0 bridgehead atoms. The van der Waals surface area contributed by atoms with Crippen LogP contribution in [0.4, 0.5) is 5.69 Å². The van der Waals surface area contributed by atoms with Crippen LogP contribution in [0.1, 0.15) is 13.8 Å². The first-order valence-corrected chi connectivity index (χ1v) is 6.47. The van der Waals surface area contributed by atoms with Gasteiger partial charge in [-0.3, -0.25) is 9.48 Å². The van der Waals surface area contributed by atoms with Gasteiger partial charge in [0.25, 0.3) is 0 Å². The molecule has 5 nitrogen and oxygen atoms in total. The van der Waals surface area contributed by atoms with Crippen LogP contribution in [-0.4, -0.2) is 34.8 Å². The topological polar surface area (TPSA) is 58.4 Å². The minimum absolute atomic E-state index is 0. The zero-order valence-corrected chi connectivity index (χ0v) is 15.3. The van der Waals surface area contributed by atoms with Crippen LogP contribution < -0.4 is 4.90 Å². The number of hydrogen-bond acceptors (Lipinski definition) is 4. The van der Waals surface area contributed by atoms with Crippen molar-refractivity contribution in [1.29, 1.82) is 0 Å². The van der Waals surface area contributed by atoms with Crippen molar-refractivity contribution >= 4 is 11.5 Å². The number of para-hydroxylation sites is 1. The van der Waals surface area contributed by atoms with Gasteiger partial charge in [0.2, 0.25) is 0 Å². The molecule has 0 aliphatic carbocycles. The van der Waals surface area contributed by atoms with E-state index in [-0.39, 0.29) is 32.6 Å². The smallest absolute Gasteiger partial charge is 0.155 e. The van der Waals surface area contributed by atoms with Crippen molar-refractivity contribution in [3.8, 4) is 5.69 Å². The monoisotopic (exact) mass is 481 g/mol. The van der Waals surface area contributed by atoms with Crippen LogP contribution in [0, 0.1) is 6.07 Å².